The number of benzene rings is 1. The number of hydrogen-bond donors (Lipinski definition) is 0. The Labute approximate surface area is 148 Å². The normalized spacial score (nSPS) is 18.8. The van der Waals surface area contributed by atoms with Gasteiger partial charge in [0.1, 0.15) is 11.5 Å². The lowest BCUT2D eigenvalue weighted by Gasteiger charge is -2.32. The van der Waals surface area contributed by atoms with Gasteiger partial charge < -0.3 is 4.42 Å². The molecule has 5 nitrogen and oxygen atoms in total. The average molecular weight is 359 g/mol. The number of sulfonamides is 1. The minimum absolute atomic E-state index is 0.0515. The summed E-state index contributed by atoms with van der Waals surface area (Å²) in [6.45, 7) is 5.24. The Morgan fingerprint density at radius 2 is 1.80 bits per heavy atom. The highest BCUT2D eigenvalue weighted by molar-refractivity contribution is 7.89. The number of carbonyl (C=O) groups excluding carboxylic acids is 1. The van der Waals surface area contributed by atoms with Crippen molar-refractivity contribution < 1.29 is 17.6 Å². The summed E-state index contributed by atoms with van der Waals surface area (Å²) in [6, 6.07) is 9.89. The molecule has 1 aromatic heterocycles. The number of carbonyl (C=O) groups is 1. The van der Waals surface area contributed by atoms with Gasteiger partial charge in [-0.1, -0.05) is 23.8 Å². The predicted molar refractivity (Wildman–Crippen MR) is 94.6 cm³/mol. The largest absolute Gasteiger partial charge is 0.465 e. The topological polar surface area (TPSA) is 67.6 Å². The molecule has 1 aliphatic heterocycles. The first kappa shape index (κ1) is 17.6. The van der Waals surface area contributed by atoms with Crippen LogP contribution in [0.1, 0.15) is 36.5 Å². The van der Waals surface area contributed by atoms with Crippen LogP contribution in [0.2, 0.25) is 0 Å². The van der Waals surface area contributed by atoms with Crippen molar-refractivity contribution in [3.63, 3.8) is 0 Å². The lowest BCUT2D eigenvalue weighted by molar-refractivity contribution is -0.113. The Kier molecular flexibility index (Phi) is 4.67. The molecule has 0 spiro atoms. The van der Waals surface area contributed by atoms with Crippen molar-refractivity contribution in [2.75, 3.05) is 6.54 Å². The van der Waals surface area contributed by atoms with Crippen LogP contribution in [0.4, 0.5) is 0 Å². The van der Waals surface area contributed by atoms with Crippen LogP contribution >= 0.6 is 0 Å². The summed E-state index contributed by atoms with van der Waals surface area (Å²) in [5.41, 5.74) is 1.50. The standard InChI is InChI=1S/C19H21NO4S/c1-13-4-8-17(9-5-13)25(22,23)20-12-16(15(3)21)7-10-18(20)19-11-6-14(2)24-19/h4-9,11,18H,10,12H2,1-3H3. The maximum absolute atomic E-state index is 13.2. The number of Topliss-reactive ketones (excluding diaryl/α,β-unsaturated/α-hetero) is 1. The van der Waals surface area contributed by atoms with Crippen LogP contribution in [0.3, 0.4) is 0 Å². The molecule has 1 aliphatic rings. The summed E-state index contributed by atoms with van der Waals surface area (Å²) in [7, 11) is -3.75. The Morgan fingerprint density at radius 3 is 2.36 bits per heavy atom. The Morgan fingerprint density at radius 1 is 1.12 bits per heavy atom. The smallest absolute Gasteiger partial charge is 0.244 e. The summed E-state index contributed by atoms with van der Waals surface area (Å²) in [5.74, 6) is 1.20. The minimum Gasteiger partial charge on any atom is -0.465 e. The van der Waals surface area contributed by atoms with Gasteiger partial charge in [-0.2, -0.15) is 4.31 Å². The predicted octanol–water partition coefficient (Wildman–Crippen LogP) is 3.55. The lowest BCUT2D eigenvalue weighted by Crippen LogP contribution is -2.39. The van der Waals surface area contributed by atoms with Crippen molar-refractivity contribution in [2.24, 2.45) is 0 Å². The number of nitrogens with zero attached hydrogens (tertiary/aromatic N) is 1. The maximum atomic E-state index is 13.2. The Hall–Kier alpha value is -2.18. The molecule has 0 fully saturated rings. The second kappa shape index (κ2) is 6.61. The third-order valence-corrected chi connectivity index (χ3v) is 6.30. The van der Waals surface area contributed by atoms with E-state index in [0.717, 1.165) is 11.3 Å². The zero-order chi connectivity index (χ0) is 18.2. The first-order chi connectivity index (χ1) is 11.8. The van der Waals surface area contributed by atoms with Gasteiger partial charge in [0, 0.05) is 12.1 Å². The summed E-state index contributed by atoms with van der Waals surface area (Å²) < 4.78 is 33.5. The van der Waals surface area contributed by atoms with E-state index in [0.29, 0.717) is 17.8 Å². The van der Waals surface area contributed by atoms with Gasteiger partial charge in [-0.3, -0.25) is 4.79 Å². The molecule has 3 rings (SSSR count). The van der Waals surface area contributed by atoms with Gasteiger partial charge in [0.15, 0.2) is 5.78 Å². The summed E-state index contributed by atoms with van der Waals surface area (Å²) in [5, 5.41) is 0. The minimum atomic E-state index is -3.75. The molecule has 2 aromatic rings. The molecule has 0 aliphatic carbocycles. The van der Waals surface area contributed by atoms with E-state index < -0.39 is 16.1 Å². The van der Waals surface area contributed by atoms with Crippen molar-refractivity contribution in [3.05, 3.63) is 65.1 Å². The van der Waals surface area contributed by atoms with Crippen molar-refractivity contribution in [3.8, 4) is 0 Å². The van der Waals surface area contributed by atoms with E-state index in [1.54, 1.807) is 30.3 Å². The fourth-order valence-electron chi connectivity index (χ4n) is 2.96. The van der Waals surface area contributed by atoms with Crippen molar-refractivity contribution in [1.29, 1.82) is 0 Å². The molecular weight excluding hydrogens is 338 g/mol. The van der Waals surface area contributed by atoms with Crippen LogP contribution < -0.4 is 0 Å². The molecule has 0 amide bonds. The highest BCUT2D eigenvalue weighted by atomic mass is 32.2. The fourth-order valence-corrected chi connectivity index (χ4v) is 4.54. The van der Waals surface area contributed by atoms with E-state index in [-0.39, 0.29) is 17.2 Å². The molecule has 0 radical (unpaired) electrons. The van der Waals surface area contributed by atoms with Crippen LogP contribution in [0, 0.1) is 13.8 Å². The van der Waals surface area contributed by atoms with Gasteiger partial charge in [0.2, 0.25) is 10.0 Å². The van der Waals surface area contributed by atoms with Crippen LogP contribution in [-0.4, -0.2) is 25.1 Å². The SMILES string of the molecule is CC(=O)C1=CCC(c2ccc(C)o2)N(S(=O)(=O)c2ccc(C)cc2)C1. The van der Waals surface area contributed by atoms with E-state index in [4.69, 9.17) is 4.42 Å². The lowest BCUT2D eigenvalue weighted by atomic mass is 10.0. The molecule has 25 heavy (non-hydrogen) atoms. The number of ketones is 1. The highest BCUT2D eigenvalue weighted by Crippen LogP contribution is 2.35. The number of furan rings is 1. The fraction of sp³-hybridized carbons (Fsp3) is 0.316. The quantitative estimate of drug-likeness (QED) is 0.837. The van der Waals surface area contributed by atoms with Gasteiger partial charge in [-0.25, -0.2) is 8.42 Å². The van der Waals surface area contributed by atoms with Crippen molar-refractivity contribution in [1.82, 2.24) is 4.31 Å². The van der Waals surface area contributed by atoms with Gasteiger partial charge in [0.25, 0.3) is 0 Å². The van der Waals surface area contributed by atoms with E-state index >= 15 is 0 Å². The molecular formula is C19H21NO4S. The first-order valence-corrected chi connectivity index (χ1v) is 9.58. The molecule has 1 atom stereocenters. The number of aryl methyl sites for hydroxylation is 2. The molecule has 0 saturated carbocycles. The third-order valence-electron chi connectivity index (χ3n) is 4.43. The van der Waals surface area contributed by atoms with Crippen molar-refractivity contribution >= 4 is 15.8 Å². The van der Waals surface area contributed by atoms with Crippen LogP contribution in [0.15, 0.2) is 57.4 Å². The average Bonchev–Trinajstić information content (AvgIpc) is 3.01. The van der Waals surface area contributed by atoms with Crippen LogP contribution in [0.5, 0.6) is 0 Å². The Balaban J connectivity index is 2.05. The van der Waals surface area contributed by atoms with Crippen LogP contribution in [0.25, 0.3) is 0 Å². The van der Waals surface area contributed by atoms with Gasteiger partial charge in [0.05, 0.1) is 10.9 Å². The molecule has 1 aromatic carbocycles. The van der Waals surface area contributed by atoms with Crippen molar-refractivity contribution in [2.45, 2.75) is 38.1 Å². The van der Waals surface area contributed by atoms with E-state index in [1.165, 1.54) is 11.2 Å². The van der Waals surface area contributed by atoms with Crippen LogP contribution in [-0.2, 0) is 14.8 Å². The molecule has 0 bridgehead atoms. The van der Waals surface area contributed by atoms with Gasteiger partial charge in [-0.05, 0) is 51.5 Å². The molecule has 0 saturated heterocycles. The van der Waals surface area contributed by atoms with Gasteiger partial charge >= 0.3 is 0 Å². The zero-order valence-corrected chi connectivity index (χ0v) is 15.3. The second-order valence-electron chi connectivity index (χ2n) is 6.35. The Bertz CT molecular complexity index is 923. The molecule has 6 heteroatoms. The first-order valence-electron chi connectivity index (χ1n) is 8.14. The third kappa shape index (κ3) is 3.45. The molecule has 132 valence electrons. The number of hydrogen-bond acceptors (Lipinski definition) is 4. The van der Waals surface area contributed by atoms with E-state index in [1.807, 2.05) is 26.0 Å². The van der Waals surface area contributed by atoms with E-state index in [9.17, 15) is 13.2 Å². The summed E-state index contributed by atoms with van der Waals surface area (Å²) in [6.07, 6.45) is 2.22. The maximum Gasteiger partial charge on any atom is 0.244 e. The summed E-state index contributed by atoms with van der Waals surface area (Å²) >= 11 is 0. The second-order valence-corrected chi connectivity index (χ2v) is 8.24. The summed E-state index contributed by atoms with van der Waals surface area (Å²) in [4.78, 5) is 12.0. The monoisotopic (exact) mass is 359 g/mol. The number of rotatable bonds is 4. The molecule has 0 N–H and O–H groups in total. The van der Waals surface area contributed by atoms with E-state index in [2.05, 4.69) is 0 Å². The molecule has 2 heterocycles. The highest BCUT2D eigenvalue weighted by Gasteiger charge is 2.37. The molecule has 1 unspecified atom stereocenters. The zero-order valence-electron chi connectivity index (χ0n) is 14.5. The van der Waals surface area contributed by atoms with Gasteiger partial charge in [-0.15, -0.1) is 0 Å².